The van der Waals surface area contributed by atoms with Crippen LogP contribution in [0.25, 0.3) is 0 Å². The van der Waals surface area contributed by atoms with Crippen LogP contribution in [0, 0.1) is 0 Å². The summed E-state index contributed by atoms with van der Waals surface area (Å²) in [6.07, 6.45) is -0.914. The van der Waals surface area contributed by atoms with Crippen LogP contribution in [0.2, 0.25) is 19.6 Å². The smallest absolute Gasteiger partial charge is 0.302 e. The van der Waals surface area contributed by atoms with Gasteiger partial charge in [0.1, 0.15) is 16.7 Å². The lowest BCUT2D eigenvalue weighted by Gasteiger charge is -2.34. The van der Waals surface area contributed by atoms with Crippen LogP contribution in [0.3, 0.4) is 0 Å². The molecule has 0 N–H and O–H groups in total. The van der Waals surface area contributed by atoms with E-state index in [-0.39, 0.29) is 12.0 Å². The third-order valence-corrected chi connectivity index (χ3v) is 7.13. The molecule has 0 spiro atoms. The van der Waals surface area contributed by atoms with Crippen LogP contribution < -0.4 is 4.74 Å². The number of esters is 1. The van der Waals surface area contributed by atoms with Crippen molar-refractivity contribution in [1.29, 1.82) is 0 Å². The standard InChI is InChI=1S/C26H36BrNO5Si/c1-7-31-23-16-12-11-15-22(23)17-28(26(30)25(27)19(2)32-20(3)29)18-24(33-34(4,5)6)21-13-9-8-10-14-21/h8-16,19,24-25H,7,17-18H2,1-6H3/t19-,24?,25+/m1/s1. The number of hydrogen-bond donors (Lipinski definition) is 0. The Kier molecular flexibility index (Phi) is 10.8. The summed E-state index contributed by atoms with van der Waals surface area (Å²) in [5, 5.41) is 0. The minimum atomic E-state index is -1.93. The Bertz CT molecular complexity index is 934. The number of amides is 1. The fraction of sp³-hybridized carbons (Fsp3) is 0.462. The van der Waals surface area contributed by atoms with Crippen molar-refractivity contribution in [3.05, 3.63) is 65.7 Å². The van der Waals surface area contributed by atoms with Crippen molar-refractivity contribution >= 4 is 36.1 Å². The lowest BCUT2D eigenvalue weighted by molar-refractivity contribution is -0.147. The molecule has 186 valence electrons. The first kappa shape index (κ1) is 28.1. The molecule has 0 aliphatic carbocycles. The molecule has 6 nitrogen and oxygen atoms in total. The molecular formula is C26H36BrNO5Si. The highest BCUT2D eigenvalue weighted by atomic mass is 79.9. The average molecular weight is 551 g/mol. The van der Waals surface area contributed by atoms with Crippen molar-refractivity contribution in [2.24, 2.45) is 0 Å². The number of hydrogen-bond acceptors (Lipinski definition) is 5. The number of nitrogens with zero attached hydrogens (tertiary/aromatic N) is 1. The quantitative estimate of drug-likeness (QED) is 0.192. The number of rotatable bonds is 12. The second kappa shape index (κ2) is 13.1. The molecule has 0 saturated heterocycles. The van der Waals surface area contributed by atoms with Gasteiger partial charge in [-0.1, -0.05) is 64.5 Å². The number of halogens is 1. The Labute approximate surface area is 212 Å². The van der Waals surface area contributed by atoms with Gasteiger partial charge in [0.05, 0.1) is 19.3 Å². The molecule has 0 saturated carbocycles. The summed E-state index contributed by atoms with van der Waals surface area (Å²) in [5.41, 5.74) is 1.91. The van der Waals surface area contributed by atoms with Gasteiger partial charge in [0.15, 0.2) is 8.32 Å². The molecule has 0 bridgehead atoms. The number of para-hydroxylation sites is 1. The number of benzene rings is 2. The molecule has 34 heavy (non-hydrogen) atoms. The summed E-state index contributed by atoms with van der Waals surface area (Å²) < 4.78 is 17.6. The van der Waals surface area contributed by atoms with Crippen molar-refractivity contribution in [2.45, 2.75) is 64.0 Å². The summed E-state index contributed by atoms with van der Waals surface area (Å²) in [7, 11) is -1.93. The van der Waals surface area contributed by atoms with E-state index in [1.807, 2.05) is 61.5 Å². The van der Waals surface area contributed by atoms with Crippen LogP contribution >= 0.6 is 15.9 Å². The lowest BCUT2D eigenvalue weighted by atomic mass is 10.1. The van der Waals surface area contributed by atoms with Crippen LogP contribution in [0.1, 0.15) is 38.0 Å². The van der Waals surface area contributed by atoms with Gasteiger partial charge in [-0.05, 0) is 45.1 Å². The van der Waals surface area contributed by atoms with Crippen LogP contribution in [-0.2, 0) is 25.3 Å². The van der Waals surface area contributed by atoms with Gasteiger partial charge in [-0.2, -0.15) is 0 Å². The second-order valence-corrected chi connectivity index (χ2v) is 14.6. The SMILES string of the molecule is CCOc1ccccc1CN(CC(O[Si](C)(C)C)c1ccccc1)C(=O)[C@@H](Br)[C@@H](C)OC(C)=O. The summed E-state index contributed by atoms with van der Waals surface area (Å²) in [5.74, 6) is 0.131. The number of alkyl halides is 1. The monoisotopic (exact) mass is 549 g/mol. The molecule has 0 aliphatic heterocycles. The van der Waals surface area contributed by atoms with Gasteiger partial charge in [0.2, 0.25) is 5.91 Å². The maximum absolute atomic E-state index is 13.7. The molecule has 1 unspecified atom stereocenters. The van der Waals surface area contributed by atoms with Gasteiger partial charge >= 0.3 is 5.97 Å². The minimum absolute atomic E-state index is 0.180. The number of carbonyl (C=O) groups is 2. The number of carbonyl (C=O) groups excluding carboxylic acids is 2. The van der Waals surface area contributed by atoms with Crippen molar-refractivity contribution in [1.82, 2.24) is 4.90 Å². The molecule has 0 radical (unpaired) electrons. The lowest BCUT2D eigenvalue weighted by Crippen LogP contribution is -2.45. The van der Waals surface area contributed by atoms with Gasteiger partial charge in [-0.3, -0.25) is 9.59 Å². The predicted octanol–water partition coefficient (Wildman–Crippen LogP) is 5.72. The first-order valence-corrected chi connectivity index (χ1v) is 15.9. The Morgan fingerprint density at radius 1 is 1.03 bits per heavy atom. The fourth-order valence-corrected chi connectivity index (χ4v) is 5.03. The molecule has 1 amide bonds. The highest BCUT2D eigenvalue weighted by Crippen LogP contribution is 2.28. The maximum Gasteiger partial charge on any atom is 0.302 e. The zero-order chi connectivity index (χ0) is 25.3. The van der Waals surface area contributed by atoms with E-state index in [0.29, 0.717) is 19.7 Å². The molecule has 3 atom stereocenters. The third kappa shape index (κ3) is 8.89. The van der Waals surface area contributed by atoms with E-state index >= 15 is 0 Å². The summed E-state index contributed by atoms with van der Waals surface area (Å²) >= 11 is 3.48. The molecule has 0 heterocycles. The zero-order valence-corrected chi connectivity index (χ0v) is 23.5. The zero-order valence-electron chi connectivity index (χ0n) is 20.9. The molecule has 2 aromatic rings. The molecule has 2 aromatic carbocycles. The molecule has 8 heteroatoms. The topological polar surface area (TPSA) is 65.1 Å². The van der Waals surface area contributed by atoms with E-state index in [0.717, 1.165) is 16.9 Å². The van der Waals surface area contributed by atoms with Crippen molar-refractivity contribution in [3.8, 4) is 5.75 Å². The summed E-state index contributed by atoms with van der Waals surface area (Å²) in [6, 6.07) is 17.7. The van der Waals surface area contributed by atoms with Crippen LogP contribution in [0.15, 0.2) is 54.6 Å². The Balaban J connectivity index is 2.42. The van der Waals surface area contributed by atoms with E-state index in [2.05, 4.69) is 35.6 Å². The molecule has 0 aromatic heterocycles. The van der Waals surface area contributed by atoms with Gasteiger partial charge in [-0.25, -0.2) is 0 Å². The van der Waals surface area contributed by atoms with E-state index in [1.165, 1.54) is 6.92 Å². The molecule has 0 fully saturated rings. The largest absolute Gasteiger partial charge is 0.494 e. The number of ether oxygens (including phenoxy) is 2. The van der Waals surface area contributed by atoms with Gasteiger partial charge in [0.25, 0.3) is 0 Å². The van der Waals surface area contributed by atoms with Crippen LogP contribution in [0.5, 0.6) is 5.75 Å². The first-order valence-electron chi connectivity index (χ1n) is 11.5. The van der Waals surface area contributed by atoms with Crippen molar-refractivity contribution < 1.29 is 23.5 Å². The highest BCUT2D eigenvalue weighted by molar-refractivity contribution is 9.10. The predicted molar refractivity (Wildman–Crippen MR) is 141 cm³/mol. The van der Waals surface area contributed by atoms with Crippen LogP contribution in [-0.4, -0.2) is 49.2 Å². The van der Waals surface area contributed by atoms with E-state index in [4.69, 9.17) is 13.9 Å². The summed E-state index contributed by atoms with van der Waals surface area (Å²) in [4.78, 5) is 26.2. The Morgan fingerprint density at radius 3 is 2.24 bits per heavy atom. The van der Waals surface area contributed by atoms with Gasteiger partial charge in [0, 0.05) is 19.0 Å². The minimum Gasteiger partial charge on any atom is -0.494 e. The summed E-state index contributed by atoms with van der Waals surface area (Å²) in [6.45, 7) is 12.6. The first-order chi connectivity index (χ1) is 16.0. The van der Waals surface area contributed by atoms with E-state index in [1.54, 1.807) is 11.8 Å². The van der Waals surface area contributed by atoms with Gasteiger partial charge < -0.3 is 18.8 Å². The molecular weight excluding hydrogens is 514 g/mol. The average Bonchev–Trinajstić information content (AvgIpc) is 2.77. The normalized spacial score (nSPS) is 14.1. The third-order valence-electron chi connectivity index (χ3n) is 5.00. The molecule has 2 rings (SSSR count). The molecule has 0 aliphatic rings. The highest BCUT2D eigenvalue weighted by Gasteiger charge is 2.32. The van der Waals surface area contributed by atoms with Crippen molar-refractivity contribution in [2.75, 3.05) is 13.2 Å². The maximum atomic E-state index is 13.7. The van der Waals surface area contributed by atoms with E-state index in [9.17, 15) is 9.59 Å². The Morgan fingerprint density at radius 2 is 1.65 bits per heavy atom. The van der Waals surface area contributed by atoms with Crippen LogP contribution in [0.4, 0.5) is 0 Å². The van der Waals surface area contributed by atoms with Gasteiger partial charge in [-0.15, -0.1) is 0 Å². The Hall–Kier alpha value is -2.16. The van der Waals surface area contributed by atoms with Crippen molar-refractivity contribution in [3.63, 3.8) is 0 Å². The second-order valence-electron chi connectivity index (χ2n) is 9.11. The van der Waals surface area contributed by atoms with E-state index < -0.39 is 25.2 Å². The fourth-order valence-electron chi connectivity index (χ4n) is 3.57.